The summed E-state index contributed by atoms with van der Waals surface area (Å²) in [7, 11) is 0. The van der Waals surface area contributed by atoms with Gasteiger partial charge < -0.3 is 15.3 Å². The van der Waals surface area contributed by atoms with Crippen LogP contribution in [0.1, 0.15) is 31.7 Å². The quantitative estimate of drug-likeness (QED) is 0.840. The molecule has 0 radical (unpaired) electrons. The maximum atomic E-state index is 12.5. The average molecular weight is 302 g/mol. The lowest BCUT2D eigenvalue weighted by atomic mass is 9.81. The zero-order valence-electron chi connectivity index (χ0n) is 13.0. The summed E-state index contributed by atoms with van der Waals surface area (Å²) in [4.78, 5) is 25.2. The molecule has 0 aromatic heterocycles. The fraction of sp³-hybridized carbons (Fsp3) is 0.412. The smallest absolute Gasteiger partial charge is 0.405 e. The van der Waals surface area contributed by atoms with Crippen molar-refractivity contribution in [2.75, 3.05) is 6.54 Å². The number of carboxylic acid groups (broad SMARTS) is 1. The van der Waals surface area contributed by atoms with Gasteiger partial charge in [-0.05, 0) is 25.8 Å². The van der Waals surface area contributed by atoms with Crippen LogP contribution in [0.2, 0.25) is 0 Å². The summed E-state index contributed by atoms with van der Waals surface area (Å²) in [5.74, 6) is -0.0832. The van der Waals surface area contributed by atoms with E-state index >= 15 is 0 Å². The van der Waals surface area contributed by atoms with Crippen LogP contribution in [0.4, 0.5) is 4.79 Å². The van der Waals surface area contributed by atoms with E-state index in [1.165, 1.54) is 0 Å². The molecule has 2 N–H and O–H groups in total. The van der Waals surface area contributed by atoms with Crippen LogP contribution in [0.25, 0.3) is 0 Å². The number of nitrogens with one attached hydrogen (secondary N) is 1. The lowest BCUT2D eigenvalue weighted by Gasteiger charge is -2.43. The predicted octanol–water partition coefficient (Wildman–Crippen LogP) is 2.60. The average Bonchev–Trinajstić information content (AvgIpc) is 2.46. The SMILES string of the molecule is C=C(C)CN1C(=O)[C@@H](NC(=O)O)C[C@@H](c2ccccc2)[C@H]1C. The molecule has 0 saturated carbocycles. The van der Waals surface area contributed by atoms with E-state index in [4.69, 9.17) is 5.11 Å². The maximum Gasteiger partial charge on any atom is 0.405 e. The van der Waals surface area contributed by atoms with E-state index in [-0.39, 0.29) is 17.9 Å². The first kappa shape index (κ1) is 16.1. The summed E-state index contributed by atoms with van der Waals surface area (Å²) in [6.45, 7) is 8.19. The Bertz CT molecular complexity index is 571. The highest BCUT2D eigenvalue weighted by Crippen LogP contribution is 2.33. The second-order valence-electron chi connectivity index (χ2n) is 5.92. The molecule has 0 unspecified atom stereocenters. The van der Waals surface area contributed by atoms with Crippen molar-refractivity contribution in [1.82, 2.24) is 10.2 Å². The number of hydrogen-bond acceptors (Lipinski definition) is 2. The van der Waals surface area contributed by atoms with E-state index < -0.39 is 12.1 Å². The van der Waals surface area contributed by atoms with Gasteiger partial charge in [-0.2, -0.15) is 0 Å². The van der Waals surface area contributed by atoms with Crippen molar-refractivity contribution in [1.29, 1.82) is 0 Å². The first-order valence-electron chi connectivity index (χ1n) is 7.39. The monoisotopic (exact) mass is 302 g/mol. The molecule has 118 valence electrons. The van der Waals surface area contributed by atoms with Crippen molar-refractivity contribution in [3.05, 3.63) is 48.0 Å². The first-order valence-corrected chi connectivity index (χ1v) is 7.39. The number of carbonyl (C=O) groups excluding carboxylic acids is 1. The summed E-state index contributed by atoms with van der Waals surface area (Å²) in [6, 6.07) is 9.20. The van der Waals surface area contributed by atoms with E-state index in [1.807, 2.05) is 44.2 Å². The summed E-state index contributed by atoms with van der Waals surface area (Å²) < 4.78 is 0. The molecule has 5 nitrogen and oxygen atoms in total. The molecule has 1 saturated heterocycles. The van der Waals surface area contributed by atoms with Gasteiger partial charge in [-0.15, -0.1) is 0 Å². The minimum absolute atomic E-state index is 0.00144. The Labute approximate surface area is 130 Å². The number of benzene rings is 1. The Balaban J connectivity index is 2.31. The fourth-order valence-electron chi connectivity index (χ4n) is 3.07. The van der Waals surface area contributed by atoms with Gasteiger partial charge in [0.05, 0.1) is 0 Å². The van der Waals surface area contributed by atoms with Crippen LogP contribution < -0.4 is 5.32 Å². The largest absolute Gasteiger partial charge is 0.465 e. The van der Waals surface area contributed by atoms with Gasteiger partial charge in [-0.3, -0.25) is 4.79 Å². The number of rotatable bonds is 4. The van der Waals surface area contributed by atoms with Gasteiger partial charge in [0, 0.05) is 18.5 Å². The van der Waals surface area contributed by atoms with Gasteiger partial charge in [-0.25, -0.2) is 4.79 Å². The van der Waals surface area contributed by atoms with Crippen LogP contribution in [-0.2, 0) is 4.79 Å². The zero-order valence-corrected chi connectivity index (χ0v) is 13.0. The standard InChI is InChI=1S/C17H22N2O3/c1-11(2)10-19-12(3)14(13-7-5-4-6-8-13)9-15(16(19)20)18-17(21)22/h4-8,12,14-15,18H,1,9-10H2,2-3H3,(H,21,22)/t12-,14-,15+/m1/s1. The second kappa shape index (κ2) is 6.64. The molecule has 2 rings (SSSR count). The molecule has 22 heavy (non-hydrogen) atoms. The number of nitrogens with zero attached hydrogens (tertiary/aromatic N) is 1. The lowest BCUT2D eigenvalue weighted by molar-refractivity contribution is -0.138. The molecule has 1 fully saturated rings. The molecule has 0 aliphatic carbocycles. The van der Waals surface area contributed by atoms with E-state index in [0.29, 0.717) is 13.0 Å². The lowest BCUT2D eigenvalue weighted by Crippen LogP contribution is -2.58. The summed E-state index contributed by atoms with van der Waals surface area (Å²) in [6.07, 6.45) is -0.696. The van der Waals surface area contributed by atoms with Crippen LogP contribution in [-0.4, -0.2) is 40.6 Å². The van der Waals surface area contributed by atoms with Crippen LogP contribution in [0.5, 0.6) is 0 Å². The number of hydrogen-bond donors (Lipinski definition) is 2. The Hall–Kier alpha value is -2.30. The molecule has 5 heteroatoms. The third-order valence-electron chi connectivity index (χ3n) is 4.11. The van der Waals surface area contributed by atoms with E-state index in [1.54, 1.807) is 4.90 Å². The van der Waals surface area contributed by atoms with Gasteiger partial charge in [-0.1, -0.05) is 42.5 Å². The highest BCUT2D eigenvalue weighted by Gasteiger charge is 2.40. The van der Waals surface area contributed by atoms with E-state index in [2.05, 4.69) is 11.9 Å². The molecule has 1 aromatic rings. The highest BCUT2D eigenvalue weighted by molar-refractivity contribution is 5.86. The number of likely N-dealkylation sites (tertiary alicyclic amines) is 1. The maximum absolute atomic E-state index is 12.5. The summed E-state index contributed by atoms with van der Waals surface area (Å²) in [5.41, 5.74) is 1.99. The Morgan fingerprint density at radius 2 is 2.05 bits per heavy atom. The molecule has 0 spiro atoms. The number of carbonyl (C=O) groups is 2. The van der Waals surface area contributed by atoms with Crippen molar-refractivity contribution in [2.24, 2.45) is 0 Å². The Kier molecular flexibility index (Phi) is 4.85. The molecular weight excluding hydrogens is 280 g/mol. The van der Waals surface area contributed by atoms with Crippen molar-refractivity contribution < 1.29 is 14.7 Å². The molecule has 3 atom stereocenters. The van der Waals surface area contributed by atoms with Gasteiger partial charge in [0.25, 0.3) is 0 Å². The van der Waals surface area contributed by atoms with Crippen LogP contribution >= 0.6 is 0 Å². The minimum atomic E-state index is -1.17. The topological polar surface area (TPSA) is 69.6 Å². The van der Waals surface area contributed by atoms with Crippen molar-refractivity contribution in [3.63, 3.8) is 0 Å². The summed E-state index contributed by atoms with van der Waals surface area (Å²) >= 11 is 0. The molecule has 1 aliphatic rings. The molecule has 2 amide bonds. The van der Waals surface area contributed by atoms with Crippen molar-refractivity contribution in [2.45, 2.75) is 38.3 Å². The third-order valence-corrected chi connectivity index (χ3v) is 4.11. The van der Waals surface area contributed by atoms with Crippen LogP contribution in [0, 0.1) is 0 Å². The second-order valence-corrected chi connectivity index (χ2v) is 5.92. The van der Waals surface area contributed by atoms with Crippen LogP contribution in [0.3, 0.4) is 0 Å². The Morgan fingerprint density at radius 3 is 2.59 bits per heavy atom. The highest BCUT2D eigenvalue weighted by atomic mass is 16.4. The number of amides is 2. The van der Waals surface area contributed by atoms with Gasteiger partial charge >= 0.3 is 6.09 Å². The van der Waals surface area contributed by atoms with Gasteiger partial charge in [0.2, 0.25) is 5.91 Å². The molecule has 1 aliphatic heterocycles. The molecule has 1 heterocycles. The normalized spacial score (nSPS) is 24.9. The first-order chi connectivity index (χ1) is 10.4. The molecule has 0 bridgehead atoms. The van der Waals surface area contributed by atoms with Gasteiger partial charge in [0.1, 0.15) is 6.04 Å². The van der Waals surface area contributed by atoms with Crippen LogP contribution in [0.15, 0.2) is 42.5 Å². The summed E-state index contributed by atoms with van der Waals surface area (Å²) in [5, 5.41) is 11.3. The zero-order chi connectivity index (χ0) is 16.3. The fourth-order valence-corrected chi connectivity index (χ4v) is 3.07. The third kappa shape index (κ3) is 3.47. The molecular formula is C17H22N2O3. The van der Waals surface area contributed by atoms with E-state index in [0.717, 1.165) is 11.1 Å². The van der Waals surface area contributed by atoms with Crippen molar-refractivity contribution in [3.8, 4) is 0 Å². The molecule has 1 aromatic carbocycles. The Morgan fingerprint density at radius 1 is 1.41 bits per heavy atom. The number of piperidine rings is 1. The predicted molar refractivity (Wildman–Crippen MR) is 84.7 cm³/mol. The minimum Gasteiger partial charge on any atom is -0.465 e. The van der Waals surface area contributed by atoms with Crippen molar-refractivity contribution >= 4 is 12.0 Å². The van der Waals surface area contributed by atoms with Gasteiger partial charge in [0.15, 0.2) is 0 Å². The van der Waals surface area contributed by atoms with E-state index in [9.17, 15) is 9.59 Å².